The Balaban J connectivity index is 2.75. The first kappa shape index (κ1) is 7.25. The van der Waals surface area contributed by atoms with Crippen molar-refractivity contribution in [2.75, 3.05) is 6.61 Å². The van der Waals surface area contributed by atoms with Gasteiger partial charge in [-0.2, -0.15) is 0 Å². The van der Waals surface area contributed by atoms with Crippen LogP contribution in [0.25, 0.3) is 0 Å². The summed E-state index contributed by atoms with van der Waals surface area (Å²) in [5.41, 5.74) is 8.18. The van der Waals surface area contributed by atoms with Crippen molar-refractivity contribution in [2.24, 2.45) is 0 Å². The summed E-state index contributed by atoms with van der Waals surface area (Å²) in [6, 6.07) is 8.83. The first-order chi connectivity index (χ1) is 4.84. The van der Waals surface area contributed by atoms with E-state index in [4.69, 9.17) is 10.8 Å². The van der Waals surface area contributed by atoms with Gasteiger partial charge < -0.3 is 5.11 Å². The highest BCUT2D eigenvalue weighted by atomic mass is 16.3. The molecule has 0 saturated carbocycles. The molecule has 0 spiro atoms. The molecule has 0 amide bonds. The second kappa shape index (κ2) is 3.34. The lowest BCUT2D eigenvalue weighted by molar-refractivity contribution is 0.264. The van der Waals surface area contributed by atoms with E-state index in [-0.39, 0.29) is 6.61 Å². The van der Waals surface area contributed by atoms with Crippen molar-refractivity contribution in [2.45, 2.75) is 6.04 Å². The number of hydrogen-bond acceptors (Lipinski definition) is 1. The molecule has 0 aliphatic rings. The van der Waals surface area contributed by atoms with Crippen molar-refractivity contribution in [3.05, 3.63) is 35.9 Å². The Labute approximate surface area is 60.3 Å². The molecule has 1 atom stereocenters. The summed E-state index contributed by atoms with van der Waals surface area (Å²) >= 11 is 0. The summed E-state index contributed by atoms with van der Waals surface area (Å²) in [5, 5.41) is 8.60. The predicted molar refractivity (Wildman–Crippen MR) is 39.4 cm³/mol. The minimum Gasteiger partial charge on any atom is -0.394 e. The van der Waals surface area contributed by atoms with E-state index < -0.39 is 6.04 Å². The largest absolute Gasteiger partial charge is 0.394 e. The molecule has 1 aromatic rings. The van der Waals surface area contributed by atoms with Gasteiger partial charge in [-0.3, -0.25) is 0 Å². The first-order valence-corrected chi connectivity index (χ1v) is 3.21. The van der Waals surface area contributed by atoms with E-state index in [0.29, 0.717) is 0 Å². The number of rotatable bonds is 2. The Bertz CT molecular complexity index is 186. The van der Waals surface area contributed by atoms with E-state index in [1.165, 1.54) is 0 Å². The third kappa shape index (κ3) is 1.56. The number of benzene rings is 1. The molecule has 2 heteroatoms. The van der Waals surface area contributed by atoms with Crippen molar-refractivity contribution < 1.29 is 5.11 Å². The van der Waals surface area contributed by atoms with Crippen molar-refractivity contribution in [3.8, 4) is 0 Å². The topological polar surface area (TPSA) is 44.0 Å². The number of aliphatic hydroxyl groups excluding tert-OH is 1. The average molecular weight is 136 g/mol. The summed E-state index contributed by atoms with van der Waals surface area (Å²) < 4.78 is 0. The summed E-state index contributed by atoms with van der Waals surface area (Å²) in [7, 11) is 0. The van der Waals surface area contributed by atoms with Crippen LogP contribution < -0.4 is 5.73 Å². The second-order valence-corrected chi connectivity index (χ2v) is 2.15. The van der Waals surface area contributed by atoms with Crippen molar-refractivity contribution in [1.82, 2.24) is 5.73 Å². The molecule has 0 fully saturated rings. The van der Waals surface area contributed by atoms with Crippen LogP contribution in [0, 0.1) is 0 Å². The molecule has 0 bridgehead atoms. The fourth-order valence-corrected chi connectivity index (χ4v) is 0.791. The smallest absolute Gasteiger partial charge is 0.0693 e. The maximum atomic E-state index is 8.60. The molecular weight excluding hydrogens is 126 g/mol. The predicted octanol–water partition coefficient (Wildman–Crippen LogP) is 1.00. The standard InChI is InChI=1S/C8H10NO/c9-8(6-10)7-4-2-1-3-5-7/h1-5,8-10H,6H2. The zero-order valence-corrected chi connectivity index (χ0v) is 5.62. The maximum absolute atomic E-state index is 8.60. The molecule has 0 aliphatic heterocycles. The van der Waals surface area contributed by atoms with Crippen LogP contribution in [0.4, 0.5) is 0 Å². The molecule has 0 aromatic heterocycles. The summed E-state index contributed by atoms with van der Waals surface area (Å²) in [6.45, 7) is -0.107. The van der Waals surface area contributed by atoms with E-state index >= 15 is 0 Å². The molecule has 1 rings (SSSR count). The van der Waals surface area contributed by atoms with E-state index in [1.54, 1.807) is 0 Å². The van der Waals surface area contributed by atoms with Crippen LogP contribution in [-0.2, 0) is 0 Å². The van der Waals surface area contributed by atoms with Gasteiger partial charge in [0.25, 0.3) is 0 Å². The SMILES string of the molecule is [NH]C(CO)c1ccccc1. The molecule has 1 radical (unpaired) electrons. The van der Waals surface area contributed by atoms with Gasteiger partial charge in [0.15, 0.2) is 0 Å². The summed E-state index contributed by atoms with van der Waals surface area (Å²) in [6.07, 6.45) is 0. The average Bonchev–Trinajstić information content (AvgIpc) is 2.05. The van der Waals surface area contributed by atoms with Gasteiger partial charge in [-0.25, -0.2) is 5.73 Å². The van der Waals surface area contributed by atoms with Gasteiger partial charge in [-0.1, -0.05) is 30.3 Å². The highest BCUT2D eigenvalue weighted by molar-refractivity contribution is 5.17. The zero-order valence-electron chi connectivity index (χ0n) is 5.62. The molecule has 10 heavy (non-hydrogen) atoms. The third-order valence-corrected chi connectivity index (χ3v) is 1.38. The van der Waals surface area contributed by atoms with Crippen LogP contribution in [0.3, 0.4) is 0 Å². The van der Waals surface area contributed by atoms with Crippen LogP contribution in [0.5, 0.6) is 0 Å². The normalized spacial score (nSPS) is 13.0. The zero-order chi connectivity index (χ0) is 7.40. The molecule has 0 aliphatic carbocycles. The lowest BCUT2D eigenvalue weighted by Gasteiger charge is -2.04. The number of hydrogen-bond donors (Lipinski definition) is 1. The summed E-state index contributed by atoms with van der Waals surface area (Å²) in [5.74, 6) is 0. The fraction of sp³-hybridized carbons (Fsp3) is 0.250. The Morgan fingerprint density at radius 3 is 2.40 bits per heavy atom. The Kier molecular flexibility index (Phi) is 2.42. The number of nitrogens with one attached hydrogen (secondary N) is 1. The van der Waals surface area contributed by atoms with Gasteiger partial charge >= 0.3 is 0 Å². The molecule has 2 nitrogen and oxygen atoms in total. The molecule has 0 heterocycles. The molecule has 1 aromatic carbocycles. The summed E-state index contributed by atoms with van der Waals surface area (Å²) in [4.78, 5) is 0. The van der Waals surface area contributed by atoms with Crippen molar-refractivity contribution >= 4 is 0 Å². The molecule has 1 unspecified atom stereocenters. The Morgan fingerprint density at radius 2 is 1.90 bits per heavy atom. The molecular formula is C8H10NO. The van der Waals surface area contributed by atoms with Gasteiger partial charge in [-0.15, -0.1) is 0 Å². The highest BCUT2D eigenvalue weighted by Crippen LogP contribution is 2.08. The fourth-order valence-electron chi connectivity index (χ4n) is 0.791. The quantitative estimate of drug-likeness (QED) is 0.647. The van der Waals surface area contributed by atoms with Gasteiger partial charge in [0.2, 0.25) is 0 Å². The minimum absolute atomic E-state index is 0.107. The van der Waals surface area contributed by atoms with Gasteiger partial charge in [0.05, 0.1) is 12.6 Å². The lowest BCUT2D eigenvalue weighted by atomic mass is 10.1. The van der Waals surface area contributed by atoms with Crippen LogP contribution in [0.1, 0.15) is 11.6 Å². The van der Waals surface area contributed by atoms with Crippen molar-refractivity contribution in [1.29, 1.82) is 0 Å². The Hall–Kier alpha value is -0.860. The van der Waals surface area contributed by atoms with E-state index in [1.807, 2.05) is 30.3 Å². The van der Waals surface area contributed by atoms with Crippen LogP contribution >= 0.6 is 0 Å². The van der Waals surface area contributed by atoms with Gasteiger partial charge in [0, 0.05) is 0 Å². The van der Waals surface area contributed by atoms with Crippen LogP contribution in [0.2, 0.25) is 0 Å². The third-order valence-electron chi connectivity index (χ3n) is 1.38. The van der Waals surface area contributed by atoms with Gasteiger partial charge in [0.1, 0.15) is 0 Å². The lowest BCUT2D eigenvalue weighted by Crippen LogP contribution is -2.03. The number of aliphatic hydroxyl groups is 1. The van der Waals surface area contributed by atoms with Crippen molar-refractivity contribution in [3.63, 3.8) is 0 Å². The van der Waals surface area contributed by atoms with Gasteiger partial charge in [-0.05, 0) is 5.56 Å². The van der Waals surface area contributed by atoms with Crippen LogP contribution in [-0.4, -0.2) is 11.7 Å². The Morgan fingerprint density at radius 1 is 1.30 bits per heavy atom. The van der Waals surface area contributed by atoms with E-state index in [2.05, 4.69) is 0 Å². The minimum atomic E-state index is -0.485. The molecule has 53 valence electrons. The molecule has 0 saturated heterocycles. The monoisotopic (exact) mass is 136 g/mol. The first-order valence-electron chi connectivity index (χ1n) is 3.21. The van der Waals surface area contributed by atoms with E-state index in [0.717, 1.165) is 5.56 Å². The van der Waals surface area contributed by atoms with E-state index in [9.17, 15) is 0 Å². The highest BCUT2D eigenvalue weighted by Gasteiger charge is 2.01. The molecule has 2 N–H and O–H groups in total. The second-order valence-electron chi connectivity index (χ2n) is 2.15. The van der Waals surface area contributed by atoms with Crippen LogP contribution in [0.15, 0.2) is 30.3 Å². The maximum Gasteiger partial charge on any atom is 0.0693 e.